The topological polar surface area (TPSA) is 102 Å². The lowest BCUT2D eigenvalue weighted by Gasteiger charge is -2.34. The summed E-state index contributed by atoms with van der Waals surface area (Å²) in [5, 5.41) is 15.6. The van der Waals surface area contributed by atoms with Crippen molar-refractivity contribution in [3.8, 4) is 0 Å². The third-order valence-corrected chi connectivity index (χ3v) is 7.73. The van der Waals surface area contributed by atoms with Crippen LogP contribution < -0.4 is 4.90 Å². The van der Waals surface area contributed by atoms with Crippen LogP contribution in [0.15, 0.2) is 23.1 Å². The van der Waals surface area contributed by atoms with Crippen molar-refractivity contribution in [3.05, 3.63) is 45.1 Å². The summed E-state index contributed by atoms with van der Waals surface area (Å²) >= 11 is 0. The maximum absolute atomic E-state index is 13.1. The number of hydrogen-bond donors (Lipinski definition) is 0. The minimum atomic E-state index is -3.58. The van der Waals surface area contributed by atoms with Crippen molar-refractivity contribution >= 4 is 21.5 Å². The predicted octanol–water partition coefficient (Wildman–Crippen LogP) is 2.03. The SMILES string of the molecule is Cc1nn(C)c(N2CCN(S(=O)(=O)c3ccc4c(c3)CCCC4)CC2)c1[N+](=O)[O-]. The van der Waals surface area contributed by atoms with E-state index in [2.05, 4.69) is 5.10 Å². The Hall–Kier alpha value is -2.46. The summed E-state index contributed by atoms with van der Waals surface area (Å²) < 4.78 is 29.3. The van der Waals surface area contributed by atoms with Gasteiger partial charge in [0.2, 0.25) is 15.8 Å². The first-order valence-corrected chi connectivity index (χ1v) is 11.3. The molecule has 156 valence electrons. The molecule has 1 aliphatic carbocycles. The van der Waals surface area contributed by atoms with E-state index in [0.717, 1.165) is 31.2 Å². The van der Waals surface area contributed by atoms with Crippen molar-refractivity contribution < 1.29 is 13.3 Å². The fourth-order valence-electron chi connectivity index (χ4n) is 4.36. The summed E-state index contributed by atoms with van der Waals surface area (Å²) in [5.74, 6) is 0.429. The van der Waals surface area contributed by atoms with Crippen molar-refractivity contribution in [1.82, 2.24) is 14.1 Å². The van der Waals surface area contributed by atoms with Gasteiger partial charge in [-0.15, -0.1) is 0 Å². The number of sulfonamides is 1. The van der Waals surface area contributed by atoms with Gasteiger partial charge in [0.05, 0.1) is 9.82 Å². The van der Waals surface area contributed by atoms with Crippen LogP contribution in [0, 0.1) is 17.0 Å². The van der Waals surface area contributed by atoms with Gasteiger partial charge in [0.15, 0.2) is 0 Å². The Balaban J connectivity index is 1.53. The minimum Gasteiger partial charge on any atom is -0.348 e. The van der Waals surface area contributed by atoms with Crippen molar-refractivity contribution in [2.75, 3.05) is 31.1 Å². The molecule has 1 fully saturated rings. The monoisotopic (exact) mass is 419 g/mol. The number of piperazine rings is 1. The van der Waals surface area contributed by atoms with Gasteiger partial charge in [0.1, 0.15) is 5.69 Å². The van der Waals surface area contributed by atoms with E-state index in [1.54, 1.807) is 20.0 Å². The second-order valence-corrected chi connectivity index (χ2v) is 9.61. The molecule has 0 N–H and O–H groups in total. The number of anilines is 1. The fraction of sp³-hybridized carbons (Fsp3) is 0.526. The van der Waals surface area contributed by atoms with E-state index in [0.29, 0.717) is 29.5 Å². The number of hydrogen-bond acceptors (Lipinski definition) is 6. The highest BCUT2D eigenvalue weighted by Gasteiger charge is 2.34. The molecule has 4 rings (SSSR count). The number of rotatable bonds is 4. The molecular formula is C19H25N5O4S. The molecule has 10 heteroatoms. The van der Waals surface area contributed by atoms with Gasteiger partial charge in [0.25, 0.3) is 0 Å². The van der Waals surface area contributed by atoms with Gasteiger partial charge in [-0.3, -0.25) is 10.1 Å². The van der Waals surface area contributed by atoms with E-state index in [-0.39, 0.29) is 18.8 Å². The van der Waals surface area contributed by atoms with E-state index in [4.69, 9.17) is 0 Å². The van der Waals surface area contributed by atoms with Crippen LogP contribution in [0.3, 0.4) is 0 Å². The Labute approximate surface area is 170 Å². The Morgan fingerprint density at radius 1 is 1.07 bits per heavy atom. The second kappa shape index (κ2) is 7.42. The maximum atomic E-state index is 13.1. The molecule has 1 aromatic heterocycles. The molecule has 0 spiro atoms. The van der Waals surface area contributed by atoms with Gasteiger partial charge in [-0.1, -0.05) is 6.07 Å². The second-order valence-electron chi connectivity index (χ2n) is 7.67. The van der Waals surface area contributed by atoms with Crippen LogP contribution in [0.4, 0.5) is 11.5 Å². The summed E-state index contributed by atoms with van der Waals surface area (Å²) in [7, 11) is -1.91. The smallest absolute Gasteiger partial charge is 0.333 e. The van der Waals surface area contributed by atoms with E-state index < -0.39 is 14.9 Å². The summed E-state index contributed by atoms with van der Waals surface area (Å²) in [6, 6.07) is 5.48. The Bertz CT molecular complexity index is 1050. The van der Waals surface area contributed by atoms with Crippen molar-refractivity contribution in [1.29, 1.82) is 0 Å². The molecule has 0 atom stereocenters. The lowest BCUT2D eigenvalue weighted by atomic mass is 9.92. The van der Waals surface area contributed by atoms with Crippen molar-refractivity contribution in [2.45, 2.75) is 37.5 Å². The molecule has 1 aliphatic heterocycles. The molecular weight excluding hydrogens is 394 g/mol. The summed E-state index contributed by atoms with van der Waals surface area (Å²) in [4.78, 5) is 13.2. The first kappa shape index (κ1) is 19.8. The van der Waals surface area contributed by atoms with Gasteiger partial charge < -0.3 is 4.90 Å². The number of nitro groups is 1. The lowest BCUT2D eigenvalue weighted by molar-refractivity contribution is -0.384. The van der Waals surface area contributed by atoms with Crippen LogP contribution in [-0.4, -0.2) is 53.6 Å². The molecule has 0 saturated carbocycles. The molecule has 9 nitrogen and oxygen atoms in total. The fourth-order valence-corrected chi connectivity index (χ4v) is 5.84. The molecule has 0 unspecified atom stereocenters. The first-order valence-electron chi connectivity index (χ1n) is 9.84. The van der Waals surface area contributed by atoms with E-state index in [1.165, 1.54) is 14.6 Å². The van der Waals surface area contributed by atoms with Crippen LogP contribution >= 0.6 is 0 Å². The molecule has 0 radical (unpaired) electrons. The average Bonchev–Trinajstić information content (AvgIpc) is 3.01. The molecule has 1 aromatic carbocycles. The third-order valence-electron chi connectivity index (χ3n) is 5.84. The highest BCUT2D eigenvalue weighted by atomic mass is 32.2. The van der Waals surface area contributed by atoms with Gasteiger partial charge in [-0.25, -0.2) is 13.1 Å². The Morgan fingerprint density at radius 2 is 1.72 bits per heavy atom. The molecule has 29 heavy (non-hydrogen) atoms. The summed E-state index contributed by atoms with van der Waals surface area (Å²) in [6.07, 6.45) is 4.19. The van der Waals surface area contributed by atoms with E-state index >= 15 is 0 Å². The van der Waals surface area contributed by atoms with Gasteiger partial charge in [-0.05, 0) is 55.9 Å². The maximum Gasteiger partial charge on any atom is 0.333 e. The van der Waals surface area contributed by atoms with Crippen molar-refractivity contribution in [3.63, 3.8) is 0 Å². The Kier molecular flexibility index (Phi) is 5.07. The van der Waals surface area contributed by atoms with Crippen LogP contribution in [0.2, 0.25) is 0 Å². The van der Waals surface area contributed by atoms with Crippen LogP contribution in [0.1, 0.15) is 29.7 Å². The molecule has 2 heterocycles. The zero-order chi connectivity index (χ0) is 20.8. The van der Waals surface area contributed by atoms with E-state index in [9.17, 15) is 18.5 Å². The van der Waals surface area contributed by atoms with E-state index in [1.807, 2.05) is 17.0 Å². The van der Waals surface area contributed by atoms with Crippen LogP contribution in [0.5, 0.6) is 0 Å². The number of aromatic nitrogens is 2. The van der Waals surface area contributed by atoms with Gasteiger partial charge >= 0.3 is 5.69 Å². The third kappa shape index (κ3) is 3.51. The number of fused-ring (bicyclic) bond motifs is 1. The molecule has 0 amide bonds. The average molecular weight is 420 g/mol. The largest absolute Gasteiger partial charge is 0.348 e. The highest BCUT2D eigenvalue weighted by Crippen LogP contribution is 2.32. The Morgan fingerprint density at radius 3 is 2.38 bits per heavy atom. The van der Waals surface area contributed by atoms with Gasteiger partial charge in [-0.2, -0.15) is 9.40 Å². The number of aryl methyl sites for hydroxylation is 4. The molecule has 0 bridgehead atoms. The van der Waals surface area contributed by atoms with Crippen molar-refractivity contribution in [2.24, 2.45) is 7.05 Å². The number of benzene rings is 1. The highest BCUT2D eigenvalue weighted by molar-refractivity contribution is 7.89. The standard InChI is InChI=1S/C19H25N5O4S/c1-14-18(24(25)26)19(21(2)20-14)22-9-11-23(12-10-22)29(27,28)17-8-7-15-5-3-4-6-16(15)13-17/h7-8,13H,3-6,9-12H2,1-2H3. The van der Waals surface area contributed by atoms with Crippen LogP contribution in [0.25, 0.3) is 0 Å². The molecule has 2 aromatic rings. The number of nitrogens with zero attached hydrogens (tertiary/aromatic N) is 5. The minimum absolute atomic E-state index is 0.0153. The summed E-state index contributed by atoms with van der Waals surface area (Å²) in [6.45, 7) is 2.92. The normalized spacial score (nSPS) is 17.9. The zero-order valence-corrected chi connectivity index (χ0v) is 17.5. The molecule has 2 aliphatic rings. The first-order chi connectivity index (χ1) is 13.8. The lowest BCUT2D eigenvalue weighted by Crippen LogP contribution is -2.49. The summed E-state index contributed by atoms with van der Waals surface area (Å²) in [5.41, 5.74) is 2.73. The van der Waals surface area contributed by atoms with Crippen LogP contribution in [-0.2, 0) is 29.9 Å². The zero-order valence-electron chi connectivity index (χ0n) is 16.7. The predicted molar refractivity (Wildman–Crippen MR) is 109 cm³/mol. The quantitative estimate of drug-likeness (QED) is 0.555. The molecule has 1 saturated heterocycles. The van der Waals surface area contributed by atoms with Gasteiger partial charge in [0, 0.05) is 33.2 Å².